The average Bonchev–Trinajstić information content (AvgIpc) is 3.35. The van der Waals surface area contributed by atoms with Crippen LogP contribution in [0.15, 0.2) is 72.8 Å². The second-order valence-electron chi connectivity index (χ2n) is 7.53. The van der Waals surface area contributed by atoms with Gasteiger partial charge in [0.15, 0.2) is 11.5 Å². The maximum Gasteiger partial charge on any atom is 0.252 e. The molecule has 31 heavy (non-hydrogen) atoms. The van der Waals surface area contributed by atoms with Crippen molar-refractivity contribution in [1.82, 2.24) is 5.32 Å². The van der Waals surface area contributed by atoms with E-state index in [1.807, 2.05) is 72.8 Å². The minimum Gasteiger partial charge on any atom is -0.493 e. The molecular weight excluding hydrogens is 390 g/mol. The molecule has 1 saturated heterocycles. The Balaban J connectivity index is 1.42. The Labute approximate surface area is 183 Å². The first kappa shape index (κ1) is 20.9. The molecule has 5 nitrogen and oxygen atoms in total. The predicted octanol–water partition coefficient (Wildman–Crippen LogP) is 4.85. The molecular formula is C26H27NO4. The number of rotatable bonds is 8. The van der Waals surface area contributed by atoms with Gasteiger partial charge in [-0.15, -0.1) is 0 Å². The lowest BCUT2D eigenvalue weighted by Gasteiger charge is -2.15. The lowest BCUT2D eigenvalue weighted by atomic mass is 9.99. The number of hydrogen-bond acceptors (Lipinski definition) is 4. The van der Waals surface area contributed by atoms with Crippen LogP contribution in [-0.4, -0.2) is 32.3 Å². The summed E-state index contributed by atoms with van der Waals surface area (Å²) in [4.78, 5) is 12.9. The molecule has 1 aliphatic rings. The van der Waals surface area contributed by atoms with Crippen LogP contribution in [0.25, 0.3) is 11.1 Å². The SMILES string of the molecule is COc1cc(CNC(=O)c2ccccc2-c2ccccc2)ccc1OCC1CCCO1. The van der Waals surface area contributed by atoms with E-state index in [4.69, 9.17) is 14.2 Å². The first-order chi connectivity index (χ1) is 15.2. The molecule has 0 saturated carbocycles. The highest BCUT2D eigenvalue weighted by atomic mass is 16.5. The Morgan fingerprint density at radius 3 is 2.61 bits per heavy atom. The number of amides is 1. The Bertz CT molecular complexity index is 1010. The number of carbonyl (C=O) groups is 1. The molecule has 0 radical (unpaired) electrons. The minimum atomic E-state index is -0.114. The summed E-state index contributed by atoms with van der Waals surface area (Å²) in [6.45, 7) is 1.71. The van der Waals surface area contributed by atoms with Gasteiger partial charge in [0.1, 0.15) is 6.61 Å². The monoisotopic (exact) mass is 417 g/mol. The molecule has 0 aliphatic carbocycles. The molecule has 1 N–H and O–H groups in total. The topological polar surface area (TPSA) is 56.8 Å². The third-order valence-electron chi connectivity index (χ3n) is 5.39. The van der Waals surface area contributed by atoms with Crippen LogP contribution in [0.5, 0.6) is 11.5 Å². The highest BCUT2D eigenvalue weighted by molar-refractivity contribution is 6.00. The molecule has 5 heteroatoms. The summed E-state index contributed by atoms with van der Waals surface area (Å²) in [5.74, 6) is 1.22. The zero-order valence-electron chi connectivity index (χ0n) is 17.7. The Morgan fingerprint density at radius 2 is 1.84 bits per heavy atom. The smallest absolute Gasteiger partial charge is 0.252 e. The van der Waals surface area contributed by atoms with Crippen molar-refractivity contribution in [3.05, 3.63) is 83.9 Å². The van der Waals surface area contributed by atoms with Gasteiger partial charge in [-0.2, -0.15) is 0 Å². The maximum atomic E-state index is 12.9. The fourth-order valence-electron chi connectivity index (χ4n) is 3.73. The largest absolute Gasteiger partial charge is 0.493 e. The van der Waals surface area contributed by atoms with Crippen LogP contribution < -0.4 is 14.8 Å². The fraction of sp³-hybridized carbons (Fsp3) is 0.269. The van der Waals surface area contributed by atoms with Crippen molar-refractivity contribution in [3.8, 4) is 22.6 Å². The number of carbonyl (C=O) groups excluding carboxylic acids is 1. The van der Waals surface area contributed by atoms with Crippen LogP contribution >= 0.6 is 0 Å². The van der Waals surface area contributed by atoms with Crippen molar-refractivity contribution in [3.63, 3.8) is 0 Å². The lowest BCUT2D eigenvalue weighted by molar-refractivity contribution is 0.0669. The van der Waals surface area contributed by atoms with Crippen molar-refractivity contribution < 1.29 is 19.0 Å². The zero-order chi connectivity index (χ0) is 21.5. The zero-order valence-corrected chi connectivity index (χ0v) is 17.7. The van der Waals surface area contributed by atoms with Gasteiger partial charge in [0.2, 0.25) is 0 Å². The summed E-state index contributed by atoms with van der Waals surface area (Å²) < 4.78 is 17.0. The average molecular weight is 418 g/mol. The van der Waals surface area contributed by atoms with E-state index in [1.165, 1.54) is 0 Å². The molecule has 1 aliphatic heterocycles. The van der Waals surface area contributed by atoms with E-state index in [9.17, 15) is 4.79 Å². The van der Waals surface area contributed by atoms with Gasteiger partial charge < -0.3 is 19.5 Å². The normalized spacial score (nSPS) is 15.5. The fourth-order valence-corrected chi connectivity index (χ4v) is 3.73. The summed E-state index contributed by atoms with van der Waals surface area (Å²) in [5, 5.41) is 3.02. The molecule has 1 heterocycles. The van der Waals surface area contributed by atoms with Crippen molar-refractivity contribution in [2.24, 2.45) is 0 Å². The quantitative estimate of drug-likeness (QED) is 0.569. The molecule has 3 aromatic rings. The van der Waals surface area contributed by atoms with E-state index in [2.05, 4.69) is 5.32 Å². The van der Waals surface area contributed by atoms with Crippen molar-refractivity contribution in [1.29, 1.82) is 0 Å². The van der Waals surface area contributed by atoms with E-state index in [1.54, 1.807) is 7.11 Å². The minimum absolute atomic E-state index is 0.114. The second-order valence-corrected chi connectivity index (χ2v) is 7.53. The Kier molecular flexibility index (Phi) is 6.85. The molecule has 160 valence electrons. The molecule has 0 aromatic heterocycles. The summed E-state index contributed by atoms with van der Waals surface area (Å²) in [7, 11) is 1.62. The lowest BCUT2D eigenvalue weighted by Crippen LogP contribution is -2.23. The van der Waals surface area contributed by atoms with Gasteiger partial charge in [0, 0.05) is 18.7 Å². The Morgan fingerprint density at radius 1 is 1.03 bits per heavy atom. The number of benzene rings is 3. The predicted molar refractivity (Wildman–Crippen MR) is 121 cm³/mol. The summed E-state index contributed by atoms with van der Waals surface area (Å²) in [6, 6.07) is 23.3. The van der Waals surface area contributed by atoms with Gasteiger partial charge in [-0.1, -0.05) is 54.6 Å². The van der Waals surface area contributed by atoms with Crippen LogP contribution in [0.1, 0.15) is 28.8 Å². The second kappa shape index (κ2) is 10.1. The molecule has 4 rings (SSSR count). The van der Waals surface area contributed by atoms with E-state index in [-0.39, 0.29) is 12.0 Å². The van der Waals surface area contributed by atoms with E-state index in [0.29, 0.717) is 30.2 Å². The van der Waals surface area contributed by atoms with Crippen LogP contribution in [0.3, 0.4) is 0 Å². The summed E-state index contributed by atoms with van der Waals surface area (Å²) in [5.41, 5.74) is 3.52. The van der Waals surface area contributed by atoms with Crippen molar-refractivity contribution in [2.45, 2.75) is 25.5 Å². The van der Waals surface area contributed by atoms with Crippen LogP contribution in [-0.2, 0) is 11.3 Å². The van der Waals surface area contributed by atoms with Gasteiger partial charge >= 0.3 is 0 Å². The van der Waals surface area contributed by atoms with Crippen LogP contribution in [0.4, 0.5) is 0 Å². The first-order valence-corrected chi connectivity index (χ1v) is 10.6. The molecule has 1 amide bonds. The number of hydrogen-bond donors (Lipinski definition) is 1. The van der Waals surface area contributed by atoms with E-state index in [0.717, 1.165) is 36.1 Å². The molecule has 3 aromatic carbocycles. The third kappa shape index (κ3) is 5.25. The molecule has 0 bridgehead atoms. The molecule has 0 spiro atoms. The highest BCUT2D eigenvalue weighted by Crippen LogP contribution is 2.29. The van der Waals surface area contributed by atoms with Crippen molar-refractivity contribution >= 4 is 5.91 Å². The first-order valence-electron chi connectivity index (χ1n) is 10.6. The maximum absolute atomic E-state index is 12.9. The standard InChI is InChI=1S/C26H27NO4/c1-29-25-16-19(13-14-24(25)31-18-21-10-7-15-30-21)17-27-26(28)23-12-6-5-11-22(23)20-8-3-2-4-9-20/h2-6,8-9,11-14,16,21H,7,10,15,17-18H2,1H3,(H,27,28). The third-order valence-corrected chi connectivity index (χ3v) is 5.39. The molecule has 1 atom stereocenters. The van der Waals surface area contributed by atoms with Gasteiger partial charge in [0.05, 0.1) is 13.2 Å². The van der Waals surface area contributed by atoms with Gasteiger partial charge in [-0.05, 0) is 47.7 Å². The van der Waals surface area contributed by atoms with Crippen LogP contribution in [0.2, 0.25) is 0 Å². The number of methoxy groups -OCH3 is 1. The van der Waals surface area contributed by atoms with Crippen LogP contribution in [0, 0.1) is 0 Å². The number of ether oxygens (including phenoxy) is 3. The summed E-state index contributed by atoms with van der Waals surface area (Å²) in [6.07, 6.45) is 2.25. The molecule has 1 unspecified atom stereocenters. The van der Waals surface area contributed by atoms with Gasteiger partial charge in [-0.25, -0.2) is 0 Å². The van der Waals surface area contributed by atoms with E-state index < -0.39 is 0 Å². The van der Waals surface area contributed by atoms with Crippen molar-refractivity contribution in [2.75, 3.05) is 20.3 Å². The molecule has 1 fully saturated rings. The van der Waals surface area contributed by atoms with Gasteiger partial charge in [0.25, 0.3) is 5.91 Å². The van der Waals surface area contributed by atoms with Gasteiger partial charge in [-0.3, -0.25) is 4.79 Å². The Hall–Kier alpha value is -3.31. The number of nitrogens with one attached hydrogen (secondary N) is 1. The van der Waals surface area contributed by atoms with E-state index >= 15 is 0 Å². The summed E-state index contributed by atoms with van der Waals surface area (Å²) >= 11 is 0. The highest BCUT2D eigenvalue weighted by Gasteiger charge is 2.17.